The number of hydrogen-bond acceptors (Lipinski definition) is 5. The first-order valence-electron chi connectivity index (χ1n) is 8.02. The van der Waals surface area contributed by atoms with Gasteiger partial charge >= 0.3 is 0 Å². The van der Waals surface area contributed by atoms with Crippen molar-refractivity contribution in [2.75, 3.05) is 38.2 Å². The van der Waals surface area contributed by atoms with E-state index in [0.717, 1.165) is 44.2 Å². The van der Waals surface area contributed by atoms with Crippen LogP contribution >= 0.6 is 0 Å². The molecular formula is C18H22N4O2. The third-order valence-corrected chi connectivity index (χ3v) is 4.36. The summed E-state index contributed by atoms with van der Waals surface area (Å²) < 4.78 is 5.42. The molecule has 1 aromatic heterocycles. The molecule has 2 heterocycles. The molecule has 24 heavy (non-hydrogen) atoms. The highest BCUT2D eigenvalue weighted by molar-refractivity contribution is 5.98. The number of benzene rings is 1. The Bertz CT molecular complexity index is 712. The minimum absolute atomic E-state index is 0.436. The lowest BCUT2D eigenvalue weighted by molar-refractivity contribution is 0.1000. The molecule has 0 atom stereocenters. The van der Waals surface area contributed by atoms with Crippen LogP contribution in [0.5, 0.6) is 5.75 Å². The van der Waals surface area contributed by atoms with Crippen molar-refractivity contribution in [2.45, 2.75) is 6.54 Å². The van der Waals surface area contributed by atoms with Crippen molar-refractivity contribution >= 4 is 11.6 Å². The monoisotopic (exact) mass is 326 g/mol. The van der Waals surface area contributed by atoms with Crippen LogP contribution in [0.15, 0.2) is 42.7 Å². The molecule has 0 unspecified atom stereocenters. The van der Waals surface area contributed by atoms with Crippen molar-refractivity contribution in [3.63, 3.8) is 0 Å². The van der Waals surface area contributed by atoms with Crippen LogP contribution in [0.1, 0.15) is 15.9 Å². The van der Waals surface area contributed by atoms with E-state index < -0.39 is 5.91 Å². The second-order valence-electron chi connectivity index (χ2n) is 5.83. The van der Waals surface area contributed by atoms with Gasteiger partial charge in [-0.25, -0.2) is 0 Å². The average molecular weight is 326 g/mol. The number of nitrogens with zero attached hydrogens (tertiary/aromatic N) is 3. The van der Waals surface area contributed by atoms with Crippen LogP contribution in [0.3, 0.4) is 0 Å². The maximum Gasteiger partial charge on any atom is 0.252 e. The van der Waals surface area contributed by atoms with Gasteiger partial charge in [0.2, 0.25) is 0 Å². The highest BCUT2D eigenvalue weighted by atomic mass is 16.5. The lowest BCUT2D eigenvalue weighted by Crippen LogP contribution is -2.46. The Morgan fingerprint density at radius 3 is 2.67 bits per heavy atom. The van der Waals surface area contributed by atoms with Gasteiger partial charge < -0.3 is 15.4 Å². The van der Waals surface area contributed by atoms with E-state index in [1.807, 2.05) is 24.3 Å². The fourth-order valence-corrected chi connectivity index (χ4v) is 3.07. The van der Waals surface area contributed by atoms with E-state index in [2.05, 4.69) is 20.9 Å². The van der Waals surface area contributed by atoms with Crippen molar-refractivity contribution in [1.29, 1.82) is 0 Å². The van der Waals surface area contributed by atoms with E-state index in [4.69, 9.17) is 10.5 Å². The molecule has 6 nitrogen and oxygen atoms in total. The van der Waals surface area contributed by atoms with Gasteiger partial charge in [0.15, 0.2) is 0 Å². The lowest BCUT2D eigenvalue weighted by atomic mass is 10.1. The zero-order valence-corrected chi connectivity index (χ0v) is 13.8. The molecular weight excluding hydrogens is 304 g/mol. The molecule has 3 rings (SSSR count). The van der Waals surface area contributed by atoms with Crippen molar-refractivity contribution in [3.8, 4) is 5.75 Å². The molecule has 1 saturated heterocycles. The normalized spacial score (nSPS) is 15.3. The van der Waals surface area contributed by atoms with Crippen LogP contribution in [0, 0.1) is 0 Å². The van der Waals surface area contributed by atoms with Crippen LogP contribution in [-0.2, 0) is 6.54 Å². The Kier molecular flexibility index (Phi) is 4.96. The molecule has 126 valence electrons. The van der Waals surface area contributed by atoms with Gasteiger partial charge in [0, 0.05) is 50.7 Å². The van der Waals surface area contributed by atoms with Gasteiger partial charge in [0.25, 0.3) is 5.91 Å². The first-order chi connectivity index (χ1) is 11.7. The van der Waals surface area contributed by atoms with Gasteiger partial charge in [0.1, 0.15) is 5.75 Å². The summed E-state index contributed by atoms with van der Waals surface area (Å²) in [6.45, 7) is 4.38. The number of amides is 1. The second-order valence-corrected chi connectivity index (χ2v) is 5.83. The number of pyridine rings is 1. The van der Waals surface area contributed by atoms with Gasteiger partial charge in [-0.3, -0.25) is 14.7 Å². The minimum Gasteiger partial charge on any atom is -0.496 e. The van der Waals surface area contributed by atoms with Gasteiger partial charge in [-0.2, -0.15) is 0 Å². The predicted molar refractivity (Wildman–Crippen MR) is 93.2 cm³/mol. The van der Waals surface area contributed by atoms with Crippen LogP contribution < -0.4 is 15.4 Å². The molecule has 1 aliphatic heterocycles. The van der Waals surface area contributed by atoms with Crippen LogP contribution in [0.4, 0.5) is 5.69 Å². The summed E-state index contributed by atoms with van der Waals surface area (Å²) in [6, 6.07) is 9.95. The number of aromatic nitrogens is 1. The number of primary amides is 1. The highest BCUT2D eigenvalue weighted by Crippen LogP contribution is 2.23. The van der Waals surface area contributed by atoms with Crippen molar-refractivity contribution < 1.29 is 9.53 Å². The fraction of sp³-hybridized carbons (Fsp3) is 0.333. The summed E-state index contributed by atoms with van der Waals surface area (Å²) in [5.41, 5.74) is 7.99. The number of anilines is 1. The van der Waals surface area contributed by atoms with Gasteiger partial charge in [-0.15, -0.1) is 0 Å². The minimum atomic E-state index is -0.436. The first kappa shape index (κ1) is 16.3. The molecule has 1 aromatic carbocycles. The molecule has 0 radical (unpaired) electrons. The molecule has 1 aliphatic rings. The van der Waals surface area contributed by atoms with E-state index in [1.54, 1.807) is 19.5 Å². The molecule has 0 saturated carbocycles. The number of nitrogens with two attached hydrogens (primary N) is 1. The zero-order valence-electron chi connectivity index (χ0n) is 13.8. The lowest BCUT2D eigenvalue weighted by Gasteiger charge is -2.36. The SMILES string of the molecule is COc1ccccc1CN1CCN(c2ccncc2C(N)=O)CC1. The van der Waals surface area contributed by atoms with E-state index in [9.17, 15) is 4.79 Å². The van der Waals surface area contributed by atoms with Crippen molar-refractivity contribution in [2.24, 2.45) is 5.73 Å². The maximum atomic E-state index is 11.6. The van der Waals surface area contributed by atoms with Crippen LogP contribution in [-0.4, -0.2) is 49.1 Å². The molecule has 2 aromatic rings. The van der Waals surface area contributed by atoms with Gasteiger partial charge in [-0.05, 0) is 12.1 Å². The van der Waals surface area contributed by atoms with E-state index >= 15 is 0 Å². The Hall–Kier alpha value is -2.60. The standard InChI is InChI=1S/C18H22N4O2/c1-24-17-5-3-2-4-14(17)13-21-8-10-22(11-9-21)16-6-7-20-12-15(16)18(19)23/h2-7,12H,8-11,13H2,1H3,(H2,19,23). The molecule has 1 amide bonds. The van der Waals surface area contributed by atoms with Crippen LogP contribution in [0.2, 0.25) is 0 Å². The largest absolute Gasteiger partial charge is 0.496 e. The number of hydrogen-bond donors (Lipinski definition) is 1. The number of methoxy groups -OCH3 is 1. The summed E-state index contributed by atoms with van der Waals surface area (Å²) in [4.78, 5) is 20.2. The molecule has 1 fully saturated rings. The summed E-state index contributed by atoms with van der Waals surface area (Å²) in [6.07, 6.45) is 3.24. The zero-order chi connectivity index (χ0) is 16.9. The van der Waals surface area contributed by atoms with Crippen molar-refractivity contribution in [3.05, 3.63) is 53.9 Å². The summed E-state index contributed by atoms with van der Waals surface area (Å²) in [5.74, 6) is 0.486. The Morgan fingerprint density at radius 1 is 1.21 bits per heavy atom. The quantitative estimate of drug-likeness (QED) is 0.902. The third-order valence-electron chi connectivity index (χ3n) is 4.36. The van der Waals surface area contributed by atoms with E-state index in [0.29, 0.717) is 5.56 Å². The maximum absolute atomic E-state index is 11.6. The number of piperazine rings is 1. The summed E-state index contributed by atoms with van der Waals surface area (Å²) in [5, 5.41) is 0. The topological polar surface area (TPSA) is 71.7 Å². The Morgan fingerprint density at radius 2 is 1.96 bits per heavy atom. The first-order valence-corrected chi connectivity index (χ1v) is 8.02. The van der Waals surface area contributed by atoms with Crippen LogP contribution in [0.25, 0.3) is 0 Å². The molecule has 2 N–H and O–H groups in total. The number of ether oxygens (including phenoxy) is 1. The summed E-state index contributed by atoms with van der Waals surface area (Å²) in [7, 11) is 1.70. The average Bonchev–Trinajstić information content (AvgIpc) is 2.63. The van der Waals surface area contributed by atoms with Crippen molar-refractivity contribution in [1.82, 2.24) is 9.88 Å². The number of carbonyl (C=O) groups excluding carboxylic acids is 1. The smallest absolute Gasteiger partial charge is 0.252 e. The van der Waals surface area contributed by atoms with Gasteiger partial charge in [0.05, 0.1) is 18.4 Å². The molecule has 0 aliphatic carbocycles. The summed E-state index contributed by atoms with van der Waals surface area (Å²) >= 11 is 0. The van der Waals surface area contributed by atoms with E-state index in [-0.39, 0.29) is 0 Å². The fourth-order valence-electron chi connectivity index (χ4n) is 3.07. The van der Waals surface area contributed by atoms with E-state index in [1.165, 1.54) is 5.56 Å². The van der Waals surface area contributed by atoms with Gasteiger partial charge in [-0.1, -0.05) is 18.2 Å². The Labute approximate surface area is 141 Å². The second kappa shape index (κ2) is 7.31. The highest BCUT2D eigenvalue weighted by Gasteiger charge is 2.21. The number of carbonyl (C=O) groups is 1. The third kappa shape index (κ3) is 3.49. The molecule has 6 heteroatoms. The molecule has 0 spiro atoms. The number of rotatable bonds is 5. The predicted octanol–water partition coefficient (Wildman–Crippen LogP) is 1.51. The molecule has 0 bridgehead atoms. The Balaban J connectivity index is 1.65. The number of para-hydroxylation sites is 1.